The van der Waals surface area contributed by atoms with Crippen molar-refractivity contribution in [3.63, 3.8) is 0 Å². The van der Waals surface area contributed by atoms with Gasteiger partial charge in [-0.2, -0.15) is 0 Å². The van der Waals surface area contributed by atoms with Crippen LogP contribution in [0.4, 0.5) is 0 Å². The third kappa shape index (κ3) is 5.94. The average molecular weight is 287 g/mol. The topological polar surface area (TPSA) is 50.4 Å². The number of ether oxygens (including phenoxy) is 1. The van der Waals surface area contributed by atoms with E-state index in [2.05, 4.69) is 17.6 Å². The number of amides is 1. The van der Waals surface area contributed by atoms with Crippen molar-refractivity contribution in [2.45, 2.75) is 20.3 Å². The first-order valence-electron chi connectivity index (χ1n) is 6.32. The Labute approximate surface area is 121 Å². The monoisotopic (exact) mass is 286 g/mol. The highest BCUT2D eigenvalue weighted by Gasteiger charge is 2.08. The third-order valence-corrected chi connectivity index (χ3v) is 2.69. The maximum absolute atomic E-state index is 11.9. The molecule has 0 unspecified atom stereocenters. The van der Waals surface area contributed by atoms with Gasteiger partial charge in [0.25, 0.3) is 5.91 Å². The Balaban J connectivity index is 0.00000324. The van der Waals surface area contributed by atoms with Gasteiger partial charge in [-0.05, 0) is 43.7 Å². The van der Waals surface area contributed by atoms with Gasteiger partial charge in [0.15, 0.2) is 0 Å². The standard InChI is InChI=1S/C14H22N2O2.ClH/c1-4-7-15-8-9-16-14(17)13-6-5-12(18-3)10-11(13)2;/h5-6,10,15H,4,7-9H2,1-3H3,(H,16,17);1H. The van der Waals surface area contributed by atoms with E-state index in [-0.39, 0.29) is 18.3 Å². The molecule has 0 spiro atoms. The predicted molar refractivity (Wildman–Crippen MR) is 80.5 cm³/mol. The summed E-state index contributed by atoms with van der Waals surface area (Å²) in [6.07, 6.45) is 1.10. The molecule has 1 rings (SSSR count). The Bertz CT molecular complexity index is 397. The van der Waals surface area contributed by atoms with Crippen molar-refractivity contribution in [1.29, 1.82) is 0 Å². The first kappa shape index (κ1) is 17.7. The number of nitrogens with one attached hydrogen (secondary N) is 2. The van der Waals surface area contributed by atoms with Crippen LogP contribution >= 0.6 is 12.4 Å². The van der Waals surface area contributed by atoms with E-state index in [0.29, 0.717) is 12.1 Å². The lowest BCUT2D eigenvalue weighted by atomic mass is 10.1. The second-order valence-electron chi connectivity index (χ2n) is 4.19. The lowest BCUT2D eigenvalue weighted by molar-refractivity contribution is 0.0953. The van der Waals surface area contributed by atoms with Crippen LogP contribution in [0.1, 0.15) is 29.3 Å². The molecule has 108 valence electrons. The zero-order valence-corrected chi connectivity index (χ0v) is 12.6. The Morgan fingerprint density at radius 1 is 1.26 bits per heavy atom. The Morgan fingerprint density at radius 2 is 2.00 bits per heavy atom. The molecule has 0 saturated heterocycles. The Kier molecular flexibility index (Phi) is 9.00. The number of benzene rings is 1. The molecule has 0 bridgehead atoms. The summed E-state index contributed by atoms with van der Waals surface area (Å²) < 4.78 is 5.11. The first-order chi connectivity index (χ1) is 8.69. The molecule has 0 heterocycles. The lowest BCUT2D eigenvalue weighted by Gasteiger charge is -2.09. The van der Waals surface area contributed by atoms with Crippen LogP contribution in [-0.4, -0.2) is 32.7 Å². The normalized spacial score (nSPS) is 9.63. The van der Waals surface area contributed by atoms with E-state index in [1.165, 1.54) is 0 Å². The van der Waals surface area contributed by atoms with Crippen molar-refractivity contribution in [3.8, 4) is 5.75 Å². The number of hydrogen-bond acceptors (Lipinski definition) is 3. The molecule has 1 amide bonds. The minimum absolute atomic E-state index is 0. The summed E-state index contributed by atoms with van der Waals surface area (Å²) in [5.74, 6) is 0.738. The molecular weight excluding hydrogens is 264 g/mol. The molecule has 0 aliphatic carbocycles. The molecule has 0 saturated carbocycles. The first-order valence-corrected chi connectivity index (χ1v) is 6.32. The molecule has 19 heavy (non-hydrogen) atoms. The quantitative estimate of drug-likeness (QED) is 0.755. The van der Waals surface area contributed by atoms with E-state index in [1.54, 1.807) is 19.2 Å². The molecule has 4 nitrogen and oxygen atoms in total. The van der Waals surface area contributed by atoms with Crippen LogP contribution in [0.25, 0.3) is 0 Å². The van der Waals surface area contributed by atoms with Gasteiger partial charge in [-0.25, -0.2) is 0 Å². The summed E-state index contributed by atoms with van der Waals surface area (Å²) in [7, 11) is 1.62. The summed E-state index contributed by atoms with van der Waals surface area (Å²) in [5.41, 5.74) is 1.62. The van der Waals surface area contributed by atoms with Gasteiger partial charge >= 0.3 is 0 Å². The SMILES string of the molecule is CCCNCCNC(=O)c1ccc(OC)cc1C.Cl. The van der Waals surface area contributed by atoms with Crippen LogP contribution in [0, 0.1) is 6.92 Å². The summed E-state index contributed by atoms with van der Waals surface area (Å²) in [5, 5.41) is 6.13. The minimum atomic E-state index is -0.0338. The van der Waals surface area contributed by atoms with Crippen LogP contribution in [-0.2, 0) is 0 Å². The molecule has 2 N–H and O–H groups in total. The van der Waals surface area contributed by atoms with Crippen LogP contribution in [0.2, 0.25) is 0 Å². The zero-order chi connectivity index (χ0) is 13.4. The third-order valence-electron chi connectivity index (χ3n) is 2.69. The number of carbonyl (C=O) groups excluding carboxylic acids is 1. The summed E-state index contributed by atoms with van der Waals surface area (Å²) >= 11 is 0. The van der Waals surface area contributed by atoms with Crippen molar-refractivity contribution in [2.24, 2.45) is 0 Å². The van der Waals surface area contributed by atoms with Crippen molar-refractivity contribution < 1.29 is 9.53 Å². The van der Waals surface area contributed by atoms with Crippen LogP contribution in [0.15, 0.2) is 18.2 Å². The molecule has 5 heteroatoms. The van der Waals surface area contributed by atoms with Gasteiger partial charge in [0.1, 0.15) is 5.75 Å². The molecule has 0 atom stereocenters. The van der Waals surface area contributed by atoms with E-state index in [9.17, 15) is 4.79 Å². The molecule has 0 aliphatic heterocycles. The largest absolute Gasteiger partial charge is 0.497 e. The van der Waals surface area contributed by atoms with Gasteiger partial charge in [0, 0.05) is 18.7 Å². The van der Waals surface area contributed by atoms with Gasteiger partial charge in [-0.1, -0.05) is 6.92 Å². The van der Waals surface area contributed by atoms with Crippen LogP contribution < -0.4 is 15.4 Å². The predicted octanol–water partition coefficient (Wildman–Crippen LogP) is 2.15. The smallest absolute Gasteiger partial charge is 0.251 e. The highest BCUT2D eigenvalue weighted by molar-refractivity contribution is 5.95. The second kappa shape index (κ2) is 9.64. The highest BCUT2D eigenvalue weighted by atomic mass is 35.5. The van der Waals surface area contributed by atoms with E-state index < -0.39 is 0 Å². The summed E-state index contributed by atoms with van der Waals surface area (Å²) in [4.78, 5) is 11.9. The molecule has 0 aliphatic rings. The average Bonchev–Trinajstić information content (AvgIpc) is 2.38. The summed E-state index contributed by atoms with van der Waals surface area (Å²) in [6.45, 7) is 6.45. The highest BCUT2D eigenvalue weighted by Crippen LogP contribution is 2.16. The molecule has 0 aromatic heterocycles. The maximum Gasteiger partial charge on any atom is 0.251 e. The lowest BCUT2D eigenvalue weighted by Crippen LogP contribution is -2.32. The van der Waals surface area contributed by atoms with Gasteiger partial charge in [0.05, 0.1) is 7.11 Å². The molecule has 1 aromatic carbocycles. The fourth-order valence-electron chi connectivity index (χ4n) is 1.68. The van der Waals surface area contributed by atoms with Gasteiger partial charge in [-0.3, -0.25) is 4.79 Å². The van der Waals surface area contributed by atoms with Gasteiger partial charge in [-0.15, -0.1) is 12.4 Å². The number of rotatable bonds is 7. The number of carbonyl (C=O) groups is 1. The van der Waals surface area contributed by atoms with Crippen molar-refractivity contribution >= 4 is 18.3 Å². The Hall–Kier alpha value is -1.26. The fraction of sp³-hybridized carbons (Fsp3) is 0.500. The molecule has 1 aromatic rings. The molecule has 0 fully saturated rings. The zero-order valence-electron chi connectivity index (χ0n) is 11.8. The second-order valence-corrected chi connectivity index (χ2v) is 4.19. The van der Waals surface area contributed by atoms with Crippen molar-refractivity contribution in [3.05, 3.63) is 29.3 Å². The maximum atomic E-state index is 11.9. The number of methoxy groups -OCH3 is 1. The van der Waals surface area contributed by atoms with E-state index in [4.69, 9.17) is 4.74 Å². The molecule has 0 radical (unpaired) electrons. The van der Waals surface area contributed by atoms with Gasteiger partial charge < -0.3 is 15.4 Å². The molecular formula is C14H23ClN2O2. The van der Waals surface area contributed by atoms with Gasteiger partial charge in [0.2, 0.25) is 0 Å². The number of hydrogen-bond donors (Lipinski definition) is 2. The summed E-state index contributed by atoms with van der Waals surface area (Å²) in [6, 6.07) is 5.46. The van der Waals surface area contributed by atoms with Crippen LogP contribution in [0.5, 0.6) is 5.75 Å². The Morgan fingerprint density at radius 3 is 2.58 bits per heavy atom. The van der Waals surface area contributed by atoms with Crippen molar-refractivity contribution in [1.82, 2.24) is 10.6 Å². The van der Waals surface area contributed by atoms with Crippen LogP contribution in [0.3, 0.4) is 0 Å². The van der Waals surface area contributed by atoms with Crippen molar-refractivity contribution in [2.75, 3.05) is 26.7 Å². The van der Waals surface area contributed by atoms with E-state index in [0.717, 1.165) is 30.8 Å². The van der Waals surface area contributed by atoms with E-state index >= 15 is 0 Å². The fourth-order valence-corrected chi connectivity index (χ4v) is 1.68. The number of aryl methyl sites for hydroxylation is 1. The van der Waals surface area contributed by atoms with E-state index in [1.807, 2.05) is 13.0 Å². The number of halogens is 1. The minimum Gasteiger partial charge on any atom is -0.497 e.